The molecule has 0 bridgehead atoms. The lowest BCUT2D eigenvalue weighted by atomic mass is 9.98. The topological polar surface area (TPSA) is 78.1 Å². The number of hydrogen-bond donors (Lipinski definition) is 1. The average Bonchev–Trinajstić information content (AvgIpc) is 2.81. The summed E-state index contributed by atoms with van der Waals surface area (Å²) in [5.41, 5.74) is 4.97. The summed E-state index contributed by atoms with van der Waals surface area (Å²) in [6.45, 7) is 3.73. The number of ether oxygens (including phenoxy) is 1. The van der Waals surface area contributed by atoms with E-state index in [0.717, 1.165) is 28.8 Å². The van der Waals surface area contributed by atoms with E-state index in [-0.39, 0.29) is 5.97 Å². The maximum atomic E-state index is 11.4. The van der Waals surface area contributed by atoms with Gasteiger partial charge in [0.2, 0.25) is 0 Å². The van der Waals surface area contributed by atoms with Gasteiger partial charge in [0.25, 0.3) is 0 Å². The Morgan fingerprint density at radius 1 is 1.61 bits per heavy atom. The van der Waals surface area contributed by atoms with Gasteiger partial charge in [-0.05, 0) is 31.3 Å². The molecule has 2 N–H and O–H groups in total. The molecule has 7 heteroatoms. The molecule has 0 spiro atoms. The molecule has 1 atom stereocenters. The number of nitrogens with zero attached hydrogens (tertiary/aromatic N) is 2. The minimum atomic E-state index is -0.898. The van der Waals surface area contributed by atoms with Crippen LogP contribution in [0.2, 0.25) is 0 Å². The summed E-state index contributed by atoms with van der Waals surface area (Å²) >= 11 is 3.08. The van der Waals surface area contributed by atoms with Crippen LogP contribution in [0.5, 0.6) is 0 Å². The second-order valence-corrected chi connectivity index (χ2v) is 6.29. The molecular formula is C11H19N3O2S2. The molecule has 0 saturated carbocycles. The van der Waals surface area contributed by atoms with Crippen molar-refractivity contribution in [2.45, 2.75) is 43.0 Å². The highest BCUT2D eigenvalue weighted by Gasteiger charge is 2.28. The van der Waals surface area contributed by atoms with E-state index < -0.39 is 5.54 Å². The number of esters is 1. The number of carbonyl (C=O) groups excluding carboxylic acids is 1. The number of methoxy groups -OCH3 is 1. The van der Waals surface area contributed by atoms with Gasteiger partial charge in [-0.25, -0.2) is 4.98 Å². The monoisotopic (exact) mass is 289 g/mol. The Labute approximate surface area is 116 Å². The van der Waals surface area contributed by atoms with Gasteiger partial charge in [-0.3, -0.25) is 4.79 Å². The summed E-state index contributed by atoms with van der Waals surface area (Å²) in [6, 6.07) is 0. The second kappa shape index (κ2) is 7.06. The number of hydrogen-bond acceptors (Lipinski definition) is 7. The first-order valence-corrected chi connectivity index (χ1v) is 7.58. The first kappa shape index (κ1) is 15.4. The average molecular weight is 289 g/mol. The van der Waals surface area contributed by atoms with Gasteiger partial charge in [-0.1, -0.05) is 18.7 Å². The summed E-state index contributed by atoms with van der Waals surface area (Å²) in [7, 11) is 1.36. The van der Waals surface area contributed by atoms with Crippen molar-refractivity contribution < 1.29 is 9.53 Å². The highest BCUT2D eigenvalue weighted by molar-refractivity contribution is 8.00. The summed E-state index contributed by atoms with van der Waals surface area (Å²) in [6.07, 6.45) is 2.31. The molecule has 0 aliphatic rings. The fourth-order valence-corrected chi connectivity index (χ4v) is 3.08. The highest BCUT2D eigenvalue weighted by atomic mass is 32.2. The fraction of sp³-hybridized carbons (Fsp3) is 0.727. The lowest BCUT2D eigenvalue weighted by molar-refractivity contribution is -0.146. The van der Waals surface area contributed by atoms with Gasteiger partial charge in [-0.2, -0.15) is 4.37 Å². The largest absolute Gasteiger partial charge is 0.468 e. The Hall–Kier alpha value is -0.660. The van der Waals surface area contributed by atoms with Gasteiger partial charge in [0, 0.05) is 12.2 Å². The summed E-state index contributed by atoms with van der Waals surface area (Å²) in [5, 5.41) is 0. The zero-order chi connectivity index (χ0) is 13.6. The van der Waals surface area contributed by atoms with Crippen molar-refractivity contribution in [1.82, 2.24) is 9.36 Å². The molecular weight excluding hydrogens is 270 g/mol. The molecule has 1 rings (SSSR count). The van der Waals surface area contributed by atoms with E-state index in [2.05, 4.69) is 14.1 Å². The molecule has 0 aromatic carbocycles. The molecule has 0 amide bonds. The third kappa shape index (κ3) is 4.55. The van der Waals surface area contributed by atoms with Crippen LogP contribution in [0.4, 0.5) is 0 Å². The van der Waals surface area contributed by atoms with E-state index in [4.69, 9.17) is 5.73 Å². The van der Waals surface area contributed by atoms with Crippen LogP contribution in [0.3, 0.4) is 0 Å². The molecule has 1 heterocycles. The third-order valence-electron chi connectivity index (χ3n) is 2.48. The van der Waals surface area contributed by atoms with Crippen LogP contribution in [-0.2, 0) is 16.0 Å². The van der Waals surface area contributed by atoms with Gasteiger partial charge in [0.05, 0.1) is 7.11 Å². The number of nitrogens with two attached hydrogens (primary N) is 1. The Morgan fingerprint density at radius 3 is 2.89 bits per heavy atom. The van der Waals surface area contributed by atoms with Gasteiger partial charge in [0.15, 0.2) is 4.34 Å². The van der Waals surface area contributed by atoms with E-state index in [1.165, 1.54) is 18.6 Å². The van der Waals surface area contributed by atoms with Crippen molar-refractivity contribution in [1.29, 1.82) is 0 Å². The van der Waals surface area contributed by atoms with Crippen LogP contribution in [0.15, 0.2) is 4.34 Å². The minimum absolute atomic E-state index is 0.364. The van der Waals surface area contributed by atoms with Gasteiger partial charge in [-0.15, -0.1) is 0 Å². The van der Waals surface area contributed by atoms with Crippen LogP contribution < -0.4 is 5.73 Å². The number of carbonyl (C=O) groups is 1. The summed E-state index contributed by atoms with van der Waals surface area (Å²) in [4.78, 5) is 15.7. The van der Waals surface area contributed by atoms with Crippen molar-refractivity contribution >= 4 is 29.3 Å². The number of aromatic nitrogens is 2. The maximum absolute atomic E-state index is 11.4. The van der Waals surface area contributed by atoms with Crippen LogP contribution >= 0.6 is 23.3 Å². The molecule has 1 aromatic heterocycles. The molecule has 0 radical (unpaired) electrons. The molecule has 18 heavy (non-hydrogen) atoms. The highest BCUT2D eigenvalue weighted by Crippen LogP contribution is 2.23. The molecule has 5 nitrogen and oxygen atoms in total. The fourth-order valence-electron chi connectivity index (χ4n) is 1.37. The molecule has 102 valence electrons. The predicted molar refractivity (Wildman–Crippen MR) is 73.9 cm³/mol. The van der Waals surface area contributed by atoms with Crippen molar-refractivity contribution in [3.05, 3.63) is 5.82 Å². The standard InChI is InChI=1S/C11H19N3O2S2/c1-4-8-13-10(18-14-8)17-7-5-6-11(2,12)9(15)16-3/h4-7,12H2,1-3H3. The Bertz CT molecular complexity index is 393. The van der Waals surface area contributed by atoms with E-state index in [9.17, 15) is 4.79 Å². The van der Waals surface area contributed by atoms with Gasteiger partial charge < -0.3 is 10.5 Å². The van der Waals surface area contributed by atoms with Crippen LogP contribution in [-0.4, -0.2) is 33.7 Å². The van der Waals surface area contributed by atoms with Crippen LogP contribution in [0.1, 0.15) is 32.5 Å². The maximum Gasteiger partial charge on any atom is 0.325 e. The first-order chi connectivity index (χ1) is 8.49. The van der Waals surface area contributed by atoms with Crippen LogP contribution in [0.25, 0.3) is 0 Å². The quantitative estimate of drug-likeness (QED) is 0.469. The molecule has 0 fully saturated rings. The normalized spacial score (nSPS) is 14.2. The zero-order valence-electron chi connectivity index (χ0n) is 10.9. The second-order valence-electron chi connectivity index (χ2n) is 4.19. The molecule has 0 aliphatic heterocycles. The number of thioether (sulfide) groups is 1. The van der Waals surface area contributed by atoms with E-state index in [0.29, 0.717) is 6.42 Å². The third-order valence-corrected chi connectivity index (χ3v) is 4.44. The Kier molecular flexibility index (Phi) is 6.04. The molecule has 0 saturated heterocycles. The van der Waals surface area contributed by atoms with Gasteiger partial charge in [0.1, 0.15) is 11.4 Å². The van der Waals surface area contributed by atoms with Crippen LogP contribution in [0, 0.1) is 0 Å². The smallest absolute Gasteiger partial charge is 0.325 e. The first-order valence-electron chi connectivity index (χ1n) is 5.82. The summed E-state index contributed by atoms with van der Waals surface area (Å²) in [5.74, 6) is 1.40. The Morgan fingerprint density at radius 2 is 2.33 bits per heavy atom. The Balaban J connectivity index is 2.28. The molecule has 1 unspecified atom stereocenters. The van der Waals surface area contributed by atoms with E-state index >= 15 is 0 Å². The van der Waals surface area contributed by atoms with E-state index in [1.54, 1.807) is 18.7 Å². The minimum Gasteiger partial charge on any atom is -0.468 e. The lowest BCUT2D eigenvalue weighted by Gasteiger charge is -2.20. The van der Waals surface area contributed by atoms with Gasteiger partial charge >= 0.3 is 5.97 Å². The SMILES string of the molecule is CCc1nsc(SCCCC(C)(N)C(=O)OC)n1. The lowest BCUT2D eigenvalue weighted by Crippen LogP contribution is -2.45. The molecule has 1 aromatic rings. The zero-order valence-corrected chi connectivity index (χ0v) is 12.6. The van der Waals surface area contributed by atoms with E-state index in [1.807, 2.05) is 6.92 Å². The van der Waals surface area contributed by atoms with Crippen molar-refractivity contribution in [3.63, 3.8) is 0 Å². The summed E-state index contributed by atoms with van der Waals surface area (Å²) < 4.78 is 9.85. The van der Waals surface area contributed by atoms with Crippen molar-refractivity contribution in [3.8, 4) is 0 Å². The number of aryl methyl sites for hydroxylation is 1. The number of rotatable bonds is 7. The predicted octanol–water partition coefficient (Wildman–Crippen LogP) is 1.86. The van der Waals surface area contributed by atoms with Crippen molar-refractivity contribution in [2.75, 3.05) is 12.9 Å². The van der Waals surface area contributed by atoms with Crippen molar-refractivity contribution in [2.24, 2.45) is 5.73 Å². The molecule has 0 aliphatic carbocycles.